The minimum absolute atomic E-state index is 0.764. The van der Waals surface area contributed by atoms with Gasteiger partial charge in [-0.25, -0.2) is 9.59 Å². The summed E-state index contributed by atoms with van der Waals surface area (Å²) in [4.78, 5) is 23.2. The smallest absolute Gasteiger partial charge is 0.475 e. The van der Waals surface area contributed by atoms with E-state index in [1.165, 1.54) is 50.9 Å². The quantitative estimate of drug-likeness (QED) is 0.583. The number of ether oxygens (including phenoxy) is 1. The number of rotatable bonds is 4. The van der Waals surface area contributed by atoms with Crippen LogP contribution >= 0.6 is 0 Å². The number of alkyl halides is 6. The van der Waals surface area contributed by atoms with Crippen molar-refractivity contribution in [3.05, 3.63) is 24.2 Å². The van der Waals surface area contributed by atoms with Gasteiger partial charge in [-0.1, -0.05) is 0 Å². The minimum Gasteiger partial charge on any atom is -0.475 e. The first-order valence-corrected chi connectivity index (χ1v) is 11.0. The maximum absolute atomic E-state index is 10.6. The lowest BCUT2D eigenvalue weighted by atomic mass is 9.99. The Kier molecular flexibility index (Phi) is 10.4. The van der Waals surface area contributed by atoms with Gasteiger partial charge in [-0.15, -0.1) is 0 Å². The molecule has 200 valence electrons. The molecule has 2 N–H and O–H groups in total. The van der Waals surface area contributed by atoms with E-state index in [-0.39, 0.29) is 0 Å². The number of likely N-dealkylation sites (tertiary alicyclic amines) is 2. The number of hydrogen-bond donors (Lipinski definition) is 2. The number of aliphatic carboxylic acids is 2. The van der Waals surface area contributed by atoms with Crippen LogP contribution in [0.2, 0.25) is 0 Å². The molecule has 3 saturated heterocycles. The van der Waals surface area contributed by atoms with Crippen LogP contribution in [0.15, 0.2) is 23.0 Å². The molecule has 0 unspecified atom stereocenters. The fourth-order valence-corrected chi connectivity index (χ4v) is 4.47. The standard InChI is InChI=1S/C17H26N2O2.2C2HF3O2/c1-6-18(11-14-3-8-20-9-4-14)16-2-7-19(17(1)16)12-15-5-10-21-13-15;2*3-2(4,5)1(6)7/h5,10,13-14,16-17H,1-4,6-9,11-12H2;2*(H,6,7)/t16-,17+;;/m0../s1. The summed E-state index contributed by atoms with van der Waals surface area (Å²) >= 11 is 0. The van der Waals surface area contributed by atoms with Gasteiger partial charge >= 0.3 is 24.3 Å². The number of furan rings is 1. The van der Waals surface area contributed by atoms with Crippen LogP contribution in [0.25, 0.3) is 0 Å². The number of hydrogen-bond acceptors (Lipinski definition) is 6. The first kappa shape index (κ1) is 28.9. The predicted molar refractivity (Wildman–Crippen MR) is 108 cm³/mol. The van der Waals surface area contributed by atoms with Gasteiger partial charge in [0.2, 0.25) is 0 Å². The molecule has 14 heteroatoms. The van der Waals surface area contributed by atoms with Crippen LogP contribution in [-0.2, 0) is 20.9 Å². The summed E-state index contributed by atoms with van der Waals surface area (Å²) < 4.78 is 74.2. The van der Waals surface area contributed by atoms with Gasteiger partial charge in [-0.3, -0.25) is 9.80 Å². The van der Waals surface area contributed by atoms with Gasteiger partial charge in [0.05, 0.1) is 12.5 Å². The lowest BCUT2D eigenvalue weighted by molar-refractivity contribution is -0.193. The first-order valence-electron chi connectivity index (χ1n) is 11.0. The average Bonchev–Trinajstić information content (AvgIpc) is 3.49. The molecule has 0 amide bonds. The molecule has 3 fully saturated rings. The van der Waals surface area contributed by atoms with E-state index in [1.807, 2.05) is 6.26 Å². The summed E-state index contributed by atoms with van der Waals surface area (Å²) in [5.74, 6) is -4.65. The van der Waals surface area contributed by atoms with Crippen molar-refractivity contribution in [1.82, 2.24) is 9.80 Å². The van der Waals surface area contributed by atoms with Crippen LogP contribution in [0.1, 0.15) is 31.2 Å². The lowest BCUT2D eigenvalue weighted by Gasteiger charge is -2.30. The number of halogens is 6. The molecule has 0 radical (unpaired) electrons. The van der Waals surface area contributed by atoms with Crippen molar-refractivity contribution in [3.8, 4) is 0 Å². The Morgan fingerprint density at radius 1 is 0.886 bits per heavy atom. The third-order valence-corrected chi connectivity index (χ3v) is 6.09. The number of carboxylic acids is 2. The zero-order valence-electron chi connectivity index (χ0n) is 18.7. The molecule has 0 aromatic carbocycles. The molecule has 8 nitrogen and oxygen atoms in total. The zero-order valence-corrected chi connectivity index (χ0v) is 18.7. The molecule has 4 rings (SSSR count). The number of carboxylic acid groups (broad SMARTS) is 2. The van der Waals surface area contributed by atoms with Crippen molar-refractivity contribution < 1.29 is 55.3 Å². The van der Waals surface area contributed by atoms with Crippen LogP contribution in [0.4, 0.5) is 26.3 Å². The Hall–Kier alpha value is -2.32. The summed E-state index contributed by atoms with van der Waals surface area (Å²) in [7, 11) is 0. The van der Waals surface area contributed by atoms with Crippen molar-refractivity contribution in [2.75, 3.05) is 32.8 Å². The third-order valence-electron chi connectivity index (χ3n) is 6.09. The average molecular weight is 518 g/mol. The molecule has 0 bridgehead atoms. The first-order chi connectivity index (χ1) is 16.3. The third kappa shape index (κ3) is 9.33. The van der Waals surface area contributed by atoms with Gasteiger partial charge < -0.3 is 19.4 Å². The number of carbonyl (C=O) groups is 2. The highest BCUT2D eigenvalue weighted by Crippen LogP contribution is 2.34. The van der Waals surface area contributed by atoms with E-state index in [1.54, 1.807) is 6.26 Å². The van der Waals surface area contributed by atoms with E-state index in [2.05, 4.69) is 15.9 Å². The van der Waals surface area contributed by atoms with Crippen LogP contribution in [0.3, 0.4) is 0 Å². The van der Waals surface area contributed by atoms with E-state index >= 15 is 0 Å². The topological polar surface area (TPSA) is 103 Å². The molecule has 0 saturated carbocycles. The second-order valence-electron chi connectivity index (χ2n) is 8.47. The number of nitrogens with zero attached hydrogens (tertiary/aromatic N) is 2. The highest BCUT2D eigenvalue weighted by Gasteiger charge is 2.43. The Morgan fingerprint density at radius 2 is 1.37 bits per heavy atom. The summed E-state index contributed by atoms with van der Waals surface area (Å²) in [5, 5.41) is 14.2. The molecule has 3 aliphatic rings. The van der Waals surface area contributed by atoms with E-state index < -0.39 is 24.3 Å². The zero-order chi connectivity index (χ0) is 26.2. The summed E-state index contributed by atoms with van der Waals surface area (Å²) in [6.45, 7) is 6.82. The summed E-state index contributed by atoms with van der Waals surface area (Å²) in [6.07, 6.45) is -1.30. The Labute approximate surface area is 197 Å². The molecular weight excluding hydrogens is 490 g/mol. The maximum Gasteiger partial charge on any atom is 0.490 e. The fourth-order valence-electron chi connectivity index (χ4n) is 4.47. The summed E-state index contributed by atoms with van der Waals surface area (Å²) in [5.41, 5.74) is 1.32. The van der Waals surface area contributed by atoms with Crippen molar-refractivity contribution in [2.45, 2.75) is 56.7 Å². The normalized spacial score (nSPS) is 23.6. The molecule has 35 heavy (non-hydrogen) atoms. The molecular formula is C21H28F6N2O6. The monoisotopic (exact) mass is 518 g/mol. The van der Waals surface area contributed by atoms with Crippen molar-refractivity contribution >= 4 is 11.9 Å². The molecule has 0 spiro atoms. The van der Waals surface area contributed by atoms with Gasteiger partial charge in [-0.2, -0.15) is 26.3 Å². The van der Waals surface area contributed by atoms with E-state index in [4.69, 9.17) is 29.0 Å². The van der Waals surface area contributed by atoms with Crippen molar-refractivity contribution in [2.24, 2.45) is 5.92 Å². The minimum atomic E-state index is -5.08. The summed E-state index contributed by atoms with van der Waals surface area (Å²) in [6, 6.07) is 3.65. The van der Waals surface area contributed by atoms with Gasteiger partial charge in [0.25, 0.3) is 0 Å². The van der Waals surface area contributed by atoms with Crippen LogP contribution in [-0.4, -0.2) is 89.2 Å². The highest BCUT2D eigenvalue weighted by molar-refractivity contribution is 5.73. The molecule has 2 atom stereocenters. The predicted octanol–water partition coefficient (Wildman–Crippen LogP) is 3.62. The Balaban J connectivity index is 0.000000257. The Bertz CT molecular complexity index is 771. The van der Waals surface area contributed by atoms with Gasteiger partial charge in [0.1, 0.15) is 0 Å². The molecule has 3 aliphatic heterocycles. The molecule has 1 aromatic rings. The highest BCUT2D eigenvalue weighted by atomic mass is 19.4. The number of fused-ring (bicyclic) bond motifs is 1. The Morgan fingerprint density at radius 3 is 1.83 bits per heavy atom. The largest absolute Gasteiger partial charge is 0.490 e. The molecule has 4 heterocycles. The van der Waals surface area contributed by atoms with E-state index in [0.717, 1.165) is 37.8 Å². The molecule has 0 aliphatic carbocycles. The van der Waals surface area contributed by atoms with Crippen molar-refractivity contribution in [3.63, 3.8) is 0 Å². The van der Waals surface area contributed by atoms with Crippen LogP contribution < -0.4 is 0 Å². The van der Waals surface area contributed by atoms with Gasteiger partial charge in [0, 0.05) is 57.0 Å². The van der Waals surface area contributed by atoms with Gasteiger partial charge in [-0.05, 0) is 37.7 Å². The molecule has 1 aromatic heterocycles. The van der Waals surface area contributed by atoms with Crippen molar-refractivity contribution in [1.29, 1.82) is 0 Å². The van der Waals surface area contributed by atoms with Crippen LogP contribution in [0.5, 0.6) is 0 Å². The maximum atomic E-state index is 10.6. The lowest BCUT2D eigenvalue weighted by Crippen LogP contribution is -2.39. The fraction of sp³-hybridized carbons (Fsp3) is 0.714. The SMILES string of the molecule is O=C(O)C(F)(F)F.O=C(O)C(F)(F)F.c1cc(CN2CC[C@H]3[C@H]2CCN3CC2CCOCC2)co1. The van der Waals surface area contributed by atoms with E-state index in [0.29, 0.717) is 0 Å². The second kappa shape index (κ2) is 12.6. The van der Waals surface area contributed by atoms with E-state index in [9.17, 15) is 26.3 Å². The van der Waals surface area contributed by atoms with Crippen LogP contribution in [0, 0.1) is 5.92 Å². The second-order valence-corrected chi connectivity index (χ2v) is 8.47. The van der Waals surface area contributed by atoms with Gasteiger partial charge in [0.15, 0.2) is 0 Å².